The van der Waals surface area contributed by atoms with Crippen LogP contribution in [-0.2, 0) is 6.42 Å². The van der Waals surface area contributed by atoms with Gasteiger partial charge in [-0.05, 0) is 58.6 Å². The van der Waals surface area contributed by atoms with Gasteiger partial charge in [-0.1, -0.05) is 12.8 Å². The zero-order valence-electron chi connectivity index (χ0n) is 12.1. The molecule has 102 valence electrons. The number of aromatic nitrogens is 2. The monoisotopic (exact) mass is 249 g/mol. The lowest BCUT2D eigenvalue weighted by Gasteiger charge is -2.20. The molecule has 1 fully saturated rings. The summed E-state index contributed by atoms with van der Waals surface area (Å²) in [6.45, 7) is 7.72. The van der Waals surface area contributed by atoms with Crippen LogP contribution in [0.3, 0.4) is 0 Å². The number of nitrogens with zero attached hydrogens (tertiary/aromatic N) is 2. The molecule has 2 rings (SSSR count). The van der Waals surface area contributed by atoms with Crippen molar-refractivity contribution in [1.29, 1.82) is 0 Å². The molecule has 1 aromatic rings. The summed E-state index contributed by atoms with van der Waals surface area (Å²) in [5.41, 5.74) is 1.62. The van der Waals surface area contributed by atoms with Crippen molar-refractivity contribution in [3.8, 4) is 0 Å². The molecule has 0 aromatic carbocycles. The Labute approximate surface area is 111 Å². The number of hydrogen-bond acceptors (Lipinski definition) is 2. The minimum absolute atomic E-state index is 0.230. The standard InChI is InChI=1S/C15H27N3/c1-15(2,3)16-10-6-7-13-11-17-18(12-13)14-8-4-5-9-14/h11-12,14,16H,4-10H2,1-3H3. The first-order valence-corrected chi connectivity index (χ1v) is 7.33. The van der Waals surface area contributed by atoms with Crippen LogP contribution in [0.2, 0.25) is 0 Å². The normalized spacial score (nSPS) is 17.5. The Morgan fingerprint density at radius 1 is 1.33 bits per heavy atom. The van der Waals surface area contributed by atoms with Gasteiger partial charge in [0, 0.05) is 11.7 Å². The van der Waals surface area contributed by atoms with Crippen molar-refractivity contribution < 1.29 is 0 Å². The summed E-state index contributed by atoms with van der Waals surface area (Å²) in [5, 5.41) is 8.05. The van der Waals surface area contributed by atoms with Gasteiger partial charge >= 0.3 is 0 Å². The maximum Gasteiger partial charge on any atom is 0.0521 e. The van der Waals surface area contributed by atoms with Crippen LogP contribution in [0.4, 0.5) is 0 Å². The fourth-order valence-corrected chi connectivity index (χ4v) is 2.63. The molecule has 0 unspecified atom stereocenters. The molecule has 18 heavy (non-hydrogen) atoms. The Morgan fingerprint density at radius 2 is 2.06 bits per heavy atom. The van der Waals surface area contributed by atoms with Crippen LogP contribution in [0, 0.1) is 0 Å². The van der Waals surface area contributed by atoms with Crippen LogP contribution in [-0.4, -0.2) is 21.9 Å². The van der Waals surface area contributed by atoms with E-state index in [0.29, 0.717) is 6.04 Å². The maximum absolute atomic E-state index is 4.52. The van der Waals surface area contributed by atoms with Gasteiger partial charge in [0.15, 0.2) is 0 Å². The van der Waals surface area contributed by atoms with E-state index in [1.165, 1.54) is 37.7 Å². The Balaban J connectivity index is 1.73. The molecule has 1 aliphatic rings. The molecule has 0 atom stereocenters. The van der Waals surface area contributed by atoms with Gasteiger partial charge in [-0.15, -0.1) is 0 Å². The molecule has 0 amide bonds. The Hall–Kier alpha value is -0.830. The van der Waals surface area contributed by atoms with Gasteiger partial charge in [0.05, 0.1) is 12.2 Å². The average molecular weight is 249 g/mol. The van der Waals surface area contributed by atoms with Crippen molar-refractivity contribution >= 4 is 0 Å². The molecule has 1 aliphatic carbocycles. The summed E-state index contributed by atoms with van der Waals surface area (Å²) < 4.78 is 2.19. The van der Waals surface area contributed by atoms with E-state index in [9.17, 15) is 0 Å². The van der Waals surface area contributed by atoms with Crippen molar-refractivity contribution in [3.05, 3.63) is 18.0 Å². The quantitative estimate of drug-likeness (QED) is 0.811. The highest BCUT2D eigenvalue weighted by Crippen LogP contribution is 2.28. The van der Waals surface area contributed by atoms with Crippen molar-refractivity contribution in [2.45, 2.75) is 70.9 Å². The molecule has 1 aromatic heterocycles. The van der Waals surface area contributed by atoms with Crippen molar-refractivity contribution in [1.82, 2.24) is 15.1 Å². The van der Waals surface area contributed by atoms with Crippen LogP contribution in [0.1, 0.15) is 64.5 Å². The van der Waals surface area contributed by atoms with Gasteiger partial charge in [-0.3, -0.25) is 4.68 Å². The highest BCUT2D eigenvalue weighted by Gasteiger charge is 2.17. The van der Waals surface area contributed by atoms with Crippen LogP contribution in [0.25, 0.3) is 0 Å². The molecule has 3 nitrogen and oxygen atoms in total. The first kappa shape index (κ1) is 13.6. The highest BCUT2D eigenvalue weighted by atomic mass is 15.3. The largest absolute Gasteiger partial charge is 0.312 e. The lowest BCUT2D eigenvalue weighted by atomic mass is 10.1. The second-order valence-corrected chi connectivity index (χ2v) is 6.55. The summed E-state index contributed by atoms with van der Waals surface area (Å²) in [7, 11) is 0. The fraction of sp³-hybridized carbons (Fsp3) is 0.800. The fourth-order valence-electron chi connectivity index (χ4n) is 2.63. The predicted molar refractivity (Wildman–Crippen MR) is 75.8 cm³/mol. The molecular weight excluding hydrogens is 222 g/mol. The minimum Gasteiger partial charge on any atom is -0.312 e. The van der Waals surface area contributed by atoms with Crippen molar-refractivity contribution in [2.75, 3.05) is 6.54 Å². The highest BCUT2D eigenvalue weighted by molar-refractivity contribution is 5.05. The van der Waals surface area contributed by atoms with Crippen molar-refractivity contribution in [2.24, 2.45) is 0 Å². The first-order valence-electron chi connectivity index (χ1n) is 7.33. The van der Waals surface area contributed by atoms with E-state index in [1.807, 2.05) is 0 Å². The Kier molecular flexibility index (Phi) is 4.44. The predicted octanol–water partition coefficient (Wildman–Crippen LogP) is 3.32. The molecule has 1 heterocycles. The molecule has 0 aliphatic heterocycles. The van der Waals surface area contributed by atoms with Gasteiger partial charge < -0.3 is 5.32 Å². The van der Waals surface area contributed by atoms with E-state index in [2.05, 4.69) is 48.3 Å². The molecule has 0 bridgehead atoms. The maximum atomic E-state index is 4.52. The molecule has 0 radical (unpaired) electrons. The van der Waals surface area contributed by atoms with E-state index >= 15 is 0 Å². The zero-order chi connectivity index (χ0) is 13.0. The van der Waals surface area contributed by atoms with Crippen molar-refractivity contribution in [3.63, 3.8) is 0 Å². The minimum atomic E-state index is 0.230. The summed E-state index contributed by atoms with van der Waals surface area (Å²) in [6, 6.07) is 0.673. The molecule has 3 heteroatoms. The zero-order valence-corrected chi connectivity index (χ0v) is 12.1. The summed E-state index contributed by atoms with van der Waals surface area (Å²) in [5.74, 6) is 0. The Bertz CT molecular complexity index is 356. The van der Waals surface area contributed by atoms with Crippen LogP contribution < -0.4 is 5.32 Å². The lowest BCUT2D eigenvalue weighted by molar-refractivity contribution is 0.422. The lowest BCUT2D eigenvalue weighted by Crippen LogP contribution is -2.36. The topological polar surface area (TPSA) is 29.9 Å². The molecular formula is C15H27N3. The Morgan fingerprint density at radius 3 is 2.72 bits per heavy atom. The SMILES string of the molecule is CC(C)(C)NCCCc1cnn(C2CCCC2)c1. The summed E-state index contributed by atoms with van der Waals surface area (Å²) in [4.78, 5) is 0. The van der Waals surface area contributed by atoms with Gasteiger partial charge in [0.1, 0.15) is 0 Å². The van der Waals surface area contributed by atoms with Gasteiger partial charge in [0.2, 0.25) is 0 Å². The van der Waals surface area contributed by atoms with E-state index in [4.69, 9.17) is 0 Å². The second kappa shape index (κ2) is 5.87. The number of rotatable bonds is 5. The molecule has 0 spiro atoms. The number of nitrogens with one attached hydrogen (secondary N) is 1. The third-order valence-corrected chi connectivity index (χ3v) is 3.65. The van der Waals surface area contributed by atoms with E-state index < -0.39 is 0 Å². The van der Waals surface area contributed by atoms with E-state index in [0.717, 1.165) is 13.0 Å². The van der Waals surface area contributed by atoms with Gasteiger partial charge in [0.25, 0.3) is 0 Å². The molecule has 1 N–H and O–H groups in total. The van der Waals surface area contributed by atoms with E-state index in [-0.39, 0.29) is 5.54 Å². The van der Waals surface area contributed by atoms with Crippen LogP contribution >= 0.6 is 0 Å². The third-order valence-electron chi connectivity index (χ3n) is 3.65. The summed E-state index contributed by atoms with van der Waals surface area (Å²) in [6.07, 6.45) is 12.0. The number of hydrogen-bond donors (Lipinski definition) is 1. The average Bonchev–Trinajstić information content (AvgIpc) is 2.93. The number of aryl methyl sites for hydroxylation is 1. The molecule has 1 saturated carbocycles. The smallest absolute Gasteiger partial charge is 0.0521 e. The van der Waals surface area contributed by atoms with Gasteiger partial charge in [-0.25, -0.2) is 0 Å². The summed E-state index contributed by atoms with van der Waals surface area (Å²) >= 11 is 0. The van der Waals surface area contributed by atoms with E-state index in [1.54, 1.807) is 0 Å². The molecule has 0 saturated heterocycles. The second-order valence-electron chi connectivity index (χ2n) is 6.55. The van der Waals surface area contributed by atoms with Crippen LogP contribution in [0.5, 0.6) is 0 Å². The third kappa shape index (κ3) is 4.13. The van der Waals surface area contributed by atoms with Gasteiger partial charge in [-0.2, -0.15) is 5.10 Å². The first-order chi connectivity index (χ1) is 8.54. The van der Waals surface area contributed by atoms with Crippen LogP contribution in [0.15, 0.2) is 12.4 Å².